The Morgan fingerprint density at radius 2 is 2.00 bits per heavy atom. The number of rotatable bonds is 5. The molecule has 0 spiro atoms. The smallest absolute Gasteiger partial charge is 0.247 e. The number of benzene rings is 1. The molecule has 0 fully saturated rings. The first-order chi connectivity index (χ1) is 10.2. The van der Waals surface area contributed by atoms with Crippen LogP contribution in [0, 0.1) is 0 Å². The summed E-state index contributed by atoms with van der Waals surface area (Å²) in [6, 6.07) is 7.23. The normalized spacial score (nSPS) is 11.0. The number of hydrogen-bond acceptors (Lipinski definition) is 6. The summed E-state index contributed by atoms with van der Waals surface area (Å²) in [7, 11) is 1.86. The average Bonchev–Trinajstić information content (AvgIpc) is 3.11. The summed E-state index contributed by atoms with van der Waals surface area (Å²) in [5, 5.41) is 19.7. The van der Waals surface area contributed by atoms with Gasteiger partial charge in [0.1, 0.15) is 6.54 Å². The Hall–Kier alpha value is -2.25. The van der Waals surface area contributed by atoms with Gasteiger partial charge in [-0.2, -0.15) is 0 Å². The Morgan fingerprint density at radius 1 is 1.19 bits per heavy atom. The molecular formula is C13H13ClN6O. The SMILES string of the molecule is CNCc1cn(Cc2nnc(-c3ccc(Cl)cc3)o2)nn1. The van der Waals surface area contributed by atoms with Gasteiger partial charge >= 0.3 is 0 Å². The number of nitrogens with zero attached hydrogens (tertiary/aromatic N) is 5. The van der Waals surface area contributed by atoms with E-state index in [1.807, 2.05) is 25.4 Å². The zero-order valence-corrected chi connectivity index (χ0v) is 12.1. The van der Waals surface area contributed by atoms with E-state index in [1.165, 1.54) is 0 Å². The van der Waals surface area contributed by atoms with E-state index in [0.717, 1.165) is 11.3 Å². The first kappa shape index (κ1) is 13.7. The minimum absolute atomic E-state index is 0.386. The van der Waals surface area contributed by atoms with E-state index in [9.17, 15) is 0 Å². The van der Waals surface area contributed by atoms with Crippen molar-refractivity contribution in [3.05, 3.63) is 47.1 Å². The van der Waals surface area contributed by atoms with Gasteiger partial charge in [0.2, 0.25) is 11.8 Å². The van der Waals surface area contributed by atoms with Crippen LogP contribution in [-0.2, 0) is 13.1 Å². The molecule has 3 aromatic rings. The lowest BCUT2D eigenvalue weighted by Gasteiger charge is -1.95. The predicted molar refractivity (Wildman–Crippen MR) is 76.6 cm³/mol. The summed E-state index contributed by atoms with van der Waals surface area (Å²) in [6.45, 7) is 1.05. The largest absolute Gasteiger partial charge is 0.419 e. The predicted octanol–water partition coefficient (Wildman–Crippen LogP) is 1.75. The minimum Gasteiger partial charge on any atom is -0.419 e. The van der Waals surface area contributed by atoms with Crippen molar-refractivity contribution >= 4 is 11.6 Å². The fraction of sp³-hybridized carbons (Fsp3) is 0.231. The van der Waals surface area contributed by atoms with Crippen LogP contribution in [0.4, 0.5) is 0 Å². The van der Waals surface area contributed by atoms with Crippen LogP contribution in [-0.4, -0.2) is 32.2 Å². The molecule has 8 heteroatoms. The van der Waals surface area contributed by atoms with Crippen molar-refractivity contribution in [1.82, 2.24) is 30.5 Å². The molecule has 0 saturated carbocycles. The summed E-state index contributed by atoms with van der Waals surface area (Å²) in [5.41, 5.74) is 1.68. The van der Waals surface area contributed by atoms with Gasteiger partial charge in [-0.05, 0) is 31.3 Å². The van der Waals surface area contributed by atoms with Crippen molar-refractivity contribution in [2.45, 2.75) is 13.1 Å². The molecular weight excluding hydrogens is 292 g/mol. The van der Waals surface area contributed by atoms with Crippen molar-refractivity contribution < 1.29 is 4.42 Å². The molecule has 0 unspecified atom stereocenters. The van der Waals surface area contributed by atoms with E-state index in [1.54, 1.807) is 16.8 Å². The van der Waals surface area contributed by atoms with Crippen molar-refractivity contribution in [2.75, 3.05) is 7.05 Å². The quantitative estimate of drug-likeness (QED) is 0.773. The molecule has 2 aromatic heterocycles. The summed E-state index contributed by atoms with van der Waals surface area (Å²) in [6.07, 6.45) is 1.84. The van der Waals surface area contributed by atoms with Gasteiger partial charge in [-0.15, -0.1) is 15.3 Å². The van der Waals surface area contributed by atoms with Crippen LogP contribution in [0.5, 0.6) is 0 Å². The van der Waals surface area contributed by atoms with Crippen LogP contribution < -0.4 is 5.32 Å². The monoisotopic (exact) mass is 304 g/mol. The van der Waals surface area contributed by atoms with Crippen LogP contribution in [0.3, 0.4) is 0 Å². The zero-order chi connectivity index (χ0) is 14.7. The molecule has 0 aliphatic carbocycles. The Kier molecular flexibility index (Phi) is 3.94. The molecule has 0 atom stereocenters. The highest BCUT2D eigenvalue weighted by atomic mass is 35.5. The Morgan fingerprint density at radius 3 is 2.76 bits per heavy atom. The molecule has 0 amide bonds. The molecule has 1 aromatic carbocycles. The van der Waals surface area contributed by atoms with Crippen LogP contribution >= 0.6 is 11.6 Å². The maximum Gasteiger partial charge on any atom is 0.247 e. The summed E-state index contributed by atoms with van der Waals surface area (Å²) >= 11 is 5.85. The lowest BCUT2D eigenvalue weighted by Crippen LogP contribution is -2.05. The second kappa shape index (κ2) is 6.02. The Bertz CT molecular complexity index is 720. The van der Waals surface area contributed by atoms with Crippen molar-refractivity contribution in [3.63, 3.8) is 0 Å². The molecule has 108 valence electrons. The molecule has 0 radical (unpaired) electrons. The topological polar surface area (TPSA) is 81.7 Å². The van der Waals surface area contributed by atoms with Gasteiger partial charge in [0.05, 0.1) is 11.9 Å². The van der Waals surface area contributed by atoms with E-state index in [0.29, 0.717) is 29.9 Å². The van der Waals surface area contributed by atoms with Gasteiger partial charge < -0.3 is 9.73 Å². The van der Waals surface area contributed by atoms with Gasteiger partial charge in [-0.3, -0.25) is 0 Å². The molecule has 0 aliphatic rings. The summed E-state index contributed by atoms with van der Waals surface area (Å²) < 4.78 is 7.27. The maximum atomic E-state index is 5.85. The van der Waals surface area contributed by atoms with Crippen LogP contribution in [0.15, 0.2) is 34.9 Å². The molecule has 2 heterocycles. The van der Waals surface area contributed by atoms with Crippen LogP contribution in [0.1, 0.15) is 11.6 Å². The highest BCUT2D eigenvalue weighted by molar-refractivity contribution is 6.30. The third-order valence-corrected chi connectivity index (χ3v) is 3.05. The number of aromatic nitrogens is 5. The van der Waals surface area contributed by atoms with Crippen LogP contribution in [0.2, 0.25) is 5.02 Å². The lowest BCUT2D eigenvalue weighted by atomic mass is 10.2. The van der Waals surface area contributed by atoms with Crippen molar-refractivity contribution in [3.8, 4) is 11.5 Å². The highest BCUT2D eigenvalue weighted by Crippen LogP contribution is 2.20. The molecule has 3 rings (SSSR count). The van der Waals surface area contributed by atoms with Crippen LogP contribution in [0.25, 0.3) is 11.5 Å². The minimum atomic E-state index is 0.386. The van der Waals surface area contributed by atoms with Gasteiger partial charge in [-0.25, -0.2) is 4.68 Å². The summed E-state index contributed by atoms with van der Waals surface area (Å²) in [4.78, 5) is 0. The maximum absolute atomic E-state index is 5.85. The Labute approximate surface area is 125 Å². The van der Waals surface area contributed by atoms with Gasteiger partial charge in [0.15, 0.2) is 0 Å². The third-order valence-electron chi connectivity index (χ3n) is 2.80. The molecule has 7 nitrogen and oxygen atoms in total. The first-order valence-corrected chi connectivity index (χ1v) is 6.74. The second-order valence-electron chi connectivity index (χ2n) is 4.45. The second-order valence-corrected chi connectivity index (χ2v) is 4.88. The molecule has 0 saturated heterocycles. The number of halogens is 1. The fourth-order valence-electron chi connectivity index (χ4n) is 1.84. The van der Waals surface area contributed by atoms with Gasteiger partial charge in [-0.1, -0.05) is 16.8 Å². The van der Waals surface area contributed by atoms with Crippen molar-refractivity contribution in [2.24, 2.45) is 0 Å². The molecule has 0 aliphatic heterocycles. The first-order valence-electron chi connectivity index (χ1n) is 6.36. The van der Waals surface area contributed by atoms with E-state index in [-0.39, 0.29) is 0 Å². The van der Waals surface area contributed by atoms with E-state index >= 15 is 0 Å². The average molecular weight is 305 g/mol. The summed E-state index contributed by atoms with van der Waals surface area (Å²) in [5.74, 6) is 0.929. The Balaban J connectivity index is 1.73. The number of hydrogen-bond donors (Lipinski definition) is 1. The van der Waals surface area contributed by atoms with E-state index in [2.05, 4.69) is 25.8 Å². The van der Waals surface area contributed by atoms with Gasteiger partial charge in [0.25, 0.3) is 0 Å². The molecule has 0 bridgehead atoms. The number of nitrogens with one attached hydrogen (secondary N) is 1. The lowest BCUT2D eigenvalue weighted by molar-refractivity contribution is 0.469. The highest BCUT2D eigenvalue weighted by Gasteiger charge is 2.10. The van der Waals surface area contributed by atoms with Crippen molar-refractivity contribution in [1.29, 1.82) is 0 Å². The third kappa shape index (κ3) is 3.26. The standard InChI is InChI=1S/C13H13ClN6O/c1-15-6-11-7-20(19-16-11)8-12-17-18-13(21-12)9-2-4-10(14)5-3-9/h2-5,7,15H,6,8H2,1H3. The fourth-order valence-corrected chi connectivity index (χ4v) is 1.97. The zero-order valence-electron chi connectivity index (χ0n) is 11.3. The van der Waals surface area contributed by atoms with E-state index in [4.69, 9.17) is 16.0 Å². The molecule has 21 heavy (non-hydrogen) atoms. The van der Waals surface area contributed by atoms with Gasteiger partial charge in [0, 0.05) is 17.1 Å². The molecule has 1 N–H and O–H groups in total. The van der Waals surface area contributed by atoms with E-state index < -0.39 is 0 Å².